The molecule has 0 radical (unpaired) electrons. The molecule has 9 heteroatoms. The van der Waals surface area contributed by atoms with Crippen LogP contribution in [0.5, 0.6) is 0 Å². The predicted molar refractivity (Wildman–Crippen MR) is 106 cm³/mol. The molecule has 1 aliphatic rings. The van der Waals surface area contributed by atoms with Crippen LogP contribution >= 0.6 is 15.9 Å². The first-order chi connectivity index (χ1) is 13.4. The Morgan fingerprint density at radius 3 is 2.79 bits per heavy atom. The average Bonchev–Trinajstić information content (AvgIpc) is 2.97. The first-order valence-corrected chi connectivity index (χ1v) is 9.33. The molecular formula is C19H21BrN2O6. The highest BCUT2D eigenvalue weighted by Gasteiger charge is 2.34. The van der Waals surface area contributed by atoms with Gasteiger partial charge in [-0.3, -0.25) is 4.79 Å². The molecule has 0 saturated carbocycles. The number of hydrogen-bond acceptors (Lipinski definition) is 7. The van der Waals surface area contributed by atoms with Crippen molar-refractivity contribution in [2.75, 3.05) is 38.7 Å². The van der Waals surface area contributed by atoms with Gasteiger partial charge in [-0.15, -0.1) is 0 Å². The van der Waals surface area contributed by atoms with E-state index in [-0.39, 0.29) is 37.6 Å². The fourth-order valence-electron chi connectivity index (χ4n) is 2.62. The minimum atomic E-state index is -0.628. The Bertz CT molecular complexity index is 834. The number of esters is 2. The molecule has 2 rings (SSSR count). The Morgan fingerprint density at radius 1 is 1.39 bits per heavy atom. The zero-order valence-electron chi connectivity index (χ0n) is 15.5. The largest absolute Gasteiger partial charge is 0.466 e. The number of methoxy groups -OCH3 is 1. The Morgan fingerprint density at radius 2 is 2.14 bits per heavy atom. The third-order valence-corrected chi connectivity index (χ3v) is 4.41. The molecule has 0 saturated heterocycles. The van der Waals surface area contributed by atoms with E-state index in [4.69, 9.17) is 14.6 Å². The van der Waals surface area contributed by atoms with Crippen LogP contribution < -0.4 is 5.32 Å². The van der Waals surface area contributed by atoms with Gasteiger partial charge in [0.05, 0.1) is 32.4 Å². The van der Waals surface area contributed by atoms with Crippen LogP contribution in [0.15, 0.2) is 40.0 Å². The first-order valence-electron chi connectivity index (χ1n) is 8.54. The van der Waals surface area contributed by atoms with Gasteiger partial charge in [0.1, 0.15) is 5.70 Å². The molecule has 1 heterocycles. The minimum Gasteiger partial charge on any atom is -0.466 e. The van der Waals surface area contributed by atoms with Crippen molar-refractivity contribution in [2.24, 2.45) is 0 Å². The molecule has 2 N–H and O–H groups in total. The molecule has 0 unspecified atom stereocenters. The van der Waals surface area contributed by atoms with Gasteiger partial charge in [-0.25, -0.2) is 9.59 Å². The molecule has 28 heavy (non-hydrogen) atoms. The molecule has 1 aromatic rings. The number of nitrogens with one attached hydrogen (secondary N) is 1. The monoisotopic (exact) mass is 452 g/mol. The number of aliphatic hydroxyl groups excluding tert-OH is 1. The summed E-state index contributed by atoms with van der Waals surface area (Å²) < 4.78 is 10.4. The Kier molecular flexibility index (Phi) is 7.77. The van der Waals surface area contributed by atoms with E-state index < -0.39 is 17.8 Å². The first kappa shape index (κ1) is 21.6. The second kappa shape index (κ2) is 10.0. The van der Waals surface area contributed by atoms with Gasteiger partial charge in [0.15, 0.2) is 0 Å². The van der Waals surface area contributed by atoms with Crippen LogP contribution in [0, 0.1) is 0 Å². The molecule has 0 fully saturated rings. The number of carbonyl (C=O) groups excluding carboxylic acids is 3. The van der Waals surface area contributed by atoms with E-state index in [9.17, 15) is 14.4 Å². The van der Waals surface area contributed by atoms with E-state index >= 15 is 0 Å². The van der Waals surface area contributed by atoms with Crippen LogP contribution in [0.25, 0.3) is 6.08 Å². The fraction of sp³-hybridized carbons (Fsp3) is 0.316. The normalized spacial score (nSPS) is 14.0. The maximum Gasteiger partial charge on any atom is 0.337 e. The molecule has 0 atom stereocenters. The number of aliphatic hydroxyl groups is 1. The van der Waals surface area contributed by atoms with Gasteiger partial charge in [-0.1, -0.05) is 15.9 Å². The van der Waals surface area contributed by atoms with Gasteiger partial charge in [0, 0.05) is 22.8 Å². The zero-order valence-corrected chi connectivity index (χ0v) is 17.1. The maximum absolute atomic E-state index is 12.6. The van der Waals surface area contributed by atoms with Gasteiger partial charge in [-0.2, -0.15) is 0 Å². The lowest BCUT2D eigenvalue weighted by Crippen LogP contribution is -2.31. The highest BCUT2D eigenvalue weighted by atomic mass is 79.9. The van der Waals surface area contributed by atoms with Gasteiger partial charge < -0.3 is 24.8 Å². The Balaban J connectivity index is 2.37. The molecule has 1 amide bonds. The second-order valence-electron chi connectivity index (χ2n) is 5.74. The number of β-amino-alcohol motifs (C(OH)–C–C–N with tert-alkyl or cyclic N) is 1. The Hall–Kier alpha value is -2.65. The van der Waals surface area contributed by atoms with Gasteiger partial charge in [0.25, 0.3) is 5.91 Å². The predicted octanol–water partition coefficient (Wildman–Crippen LogP) is 1.70. The summed E-state index contributed by atoms with van der Waals surface area (Å²) in [5.41, 5.74) is 1.37. The number of hydrogen-bond donors (Lipinski definition) is 2. The number of benzene rings is 1. The standard InChI is InChI=1S/C19H21BrN2O6/c1-3-28-16(24)7-4-12-10-13(20)5-6-15(12)21-17-14(19(26)27-2)11-22(8-9-23)18(17)25/h4-7,10,21,23H,3,8-9,11H2,1-2H3. The Labute approximate surface area is 170 Å². The number of nitrogens with zero attached hydrogens (tertiary/aromatic N) is 1. The summed E-state index contributed by atoms with van der Waals surface area (Å²) in [6.07, 6.45) is 2.83. The van der Waals surface area contributed by atoms with Crippen LogP contribution in [0.2, 0.25) is 0 Å². The summed E-state index contributed by atoms with van der Waals surface area (Å²) >= 11 is 3.37. The van der Waals surface area contributed by atoms with Crippen LogP contribution in [0.3, 0.4) is 0 Å². The molecule has 8 nitrogen and oxygen atoms in total. The fourth-order valence-corrected chi connectivity index (χ4v) is 3.00. The van der Waals surface area contributed by atoms with Crippen molar-refractivity contribution in [1.82, 2.24) is 4.90 Å². The number of carbonyl (C=O) groups is 3. The van der Waals surface area contributed by atoms with Crippen LogP contribution in [0.4, 0.5) is 5.69 Å². The van der Waals surface area contributed by atoms with E-state index in [1.807, 2.05) is 0 Å². The van der Waals surface area contributed by atoms with Crippen molar-refractivity contribution in [3.8, 4) is 0 Å². The van der Waals surface area contributed by atoms with Crippen molar-refractivity contribution in [2.45, 2.75) is 6.92 Å². The summed E-state index contributed by atoms with van der Waals surface area (Å²) in [5.74, 6) is -1.54. The van der Waals surface area contributed by atoms with Crippen molar-refractivity contribution in [1.29, 1.82) is 0 Å². The number of amides is 1. The summed E-state index contributed by atoms with van der Waals surface area (Å²) in [4.78, 5) is 37.7. The molecule has 150 valence electrons. The number of halogens is 1. The summed E-state index contributed by atoms with van der Waals surface area (Å²) in [6.45, 7) is 1.89. The topological polar surface area (TPSA) is 105 Å². The number of anilines is 1. The SMILES string of the molecule is CCOC(=O)C=Cc1cc(Br)ccc1NC1=C(C(=O)OC)CN(CCO)C1=O. The van der Waals surface area contributed by atoms with E-state index in [1.165, 1.54) is 18.1 Å². The highest BCUT2D eigenvalue weighted by Crippen LogP contribution is 2.27. The van der Waals surface area contributed by atoms with Gasteiger partial charge >= 0.3 is 11.9 Å². The summed E-state index contributed by atoms with van der Waals surface area (Å²) in [7, 11) is 1.24. The highest BCUT2D eigenvalue weighted by molar-refractivity contribution is 9.10. The molecule has 1 aliphatic heterocycles. The molecule has 0 aliphatic carbocycles. The van der Waals surface area contributed by atoms with Crippen molar-refractivity contribution in [3.63, 3.8) is 0 Å². The lowest BCUT2D eigenvalue weighted by atomic mass is 10.1. The quantitative estimate of drug-likeness (QED) is 0.456. The van der Waals surface area contributed by atoms with E-state index in [0.29, 0.717) is 11.3 Å². The smallest absolute Gasteiger partial charge is 0.337 e. The molecule has 1 aromatic carbocycles. The lowest BCUT2D eigenvalue weighted by molar-refractivity contribution is -0.137. The molecular weight excluding hydrogens is 432 g/mol. The van der Waals surface area contributed by atoms with E-state index in [1.54, 1.807) is 31.2 Å². The van der Waals surface area contributed by atoms with Crippen LogP contribution in [-0.4, -0.2) is 61.3 Å². The minimum absolute atomic E-state index is 0.0406. The van der Waals surface area contributed by atoms with Crippen molar-refractivity contribution >= 4 is 45.5 Å². The maximum atomic E-state index is 12.6. The second-order valence-corrected chi connectivity index (χ2v) is 6.65. The molecule has 0 aromatic heterocycles. The third-order valence-electron chi connectivity index (χ3n) is 3.91. The van der Waals surface area contributed by atoms with E-state index in [2.05, 4.69) is 21.2 Å². The lowest BCUT2D eigenvalue weighted by Gasteiger charge is -2.15. The third kappa shape index (κ3) is 5.20. The van der Waals surface area contributed by atoms with Crippen molar-refractivity contribution in [3.05, 3.63) is 45.6 Å². The summed E-state index contributed by atoms with van der Waals surface area (Å²) in [5, 5.41) is 12.1. The zero-order chi connectivity index (χ0) is 20.7. The van der Waals surface area contributed by atoms with Gasteiger partial charge in [0.2, 0.25) is 0 Å². The van der Waals surface area contributed by atoms with Crippen LogP contribution in [0.1, 0.15) is 12.5 Å². The summed E-state index contributed by atoms with van der Waals surface area (Å²) in [6, 6.07) is 5.22. The van der Waals surface area contributed by atoms with Crippen LogP contribution in [-0.2, 0) is 23.9 Å². The average molecular weight is 453 g/mol. The van der Waals surface area contributed by atoms with E-state index in [0.717, 1.165) is 4.47 Å². The number of ether oxygens (including phenoxy) is 2. The van der Waals surface area contributed by atoms with Crippen molar-refractivity contribution < 1.29 is 29.0 Å². The molecule has 0 spiro atoms. The number of rotatable bonds is 8. The molecule has 0 bridgehead atoms. The van der Waals surface area contributed by atoms with Gasteiger partial charge in [-0.05, 0) is 36.8 Å².